The zero-order valence-corrected chi connectivity index (χ0v) is 33.1. The van der Waals surface area contributed by atoms with Crippen LogP contribution in [0.3, 0.4) is 0 Å². The maximum atomic E-state index is 14.9. The summed E-state index contributed by atoms with van der Waals surface area (Å²) in [6, 6.07) is 1.24. The topological polar surface area (TPSA) is 185 Å². The molecule has 0 unspecified atom stereocenters. The van der Waals surface area contributed by atoms with Crippen molar-refractivity contribution in [2.24, 2.45) is 17.8 Å². The van der Waals surface area contributed by atoms with E-state index in [4.69, 9.17) is 9.47 Å². The number of aromatic nitrogens is 1. The normalized spacial score (nSPS) is 28.9. The van der Waals surface area contributed by atoms with Crippen molar-refractivity contribution < 1.29 is 55.3 Å². The van der Waals surface area contributed by atoms with Crippen molar-refractivity contribution in [3.05, 3.63) is 42.6 Å². The third-order valence-corrected chi connectivity index (χ3v) is 13.3. The van der Waals surface area contributed by atoms with Gasteiger partial charge in [-0.25, -0.2) is 18.2 Å². The van der Waals surface area contributed by atoms with Crippen molar-refractivity contribution in [1.82, 2.24) is 24.8 Å². The first-order valence-corrected chi connectivity index (χ1v) is 21.0. The largest absolute Gasteiger partial charge is 0.491 e. The summed E-state index contributed by atoms with van der Waals surface area (Å²) in [4.78, 5) is 61.4. The summed E-state index contributed by atoms with van der Waals surface area (Å²) in [5, 5.41) is 13.5. The standard InChI is InChI=1S/C39H50F3N5O9S/c1-5-16-55-31-20-43-34(29-13-9-8-12-28(29)31)56-26-18-30-33(48)44-38(36(50)45-57(53,54)27-14-15-27)19-25(38)11-7-6-10-22(2)17-23(3)32(35(49)46(30)21-26)47(37(51)52)24(4)39(40,41)42/h7-9,11-13,20,22-27,30,32H,5-6,10,14-19,21H2,1-4H3,(H,44,48)(H,45,50)(H,51,52)/t22-,23+,24+,25+,26+,30-,32-,38+/m0/s1. The van der Waals surface area contributed by atoms with Crippen LogP contribution in [0.1, 0.15) is 79.1 Å². The fraction of sp³-hybridized carbons (Fsp3) is 0.615. The molecular weight excluding hydrogens is 772 g/mol. The number of pyridine rings is 1. The van der Waals surface area contributed by atoms with Crippen LogP contribution in [0.5, 0.6) is 11.6 Å². The second-order valence-corrected chi connectivity index (χ2v) is 17.9. The minimum absolute atomic E-state index is 0.0648. The van der Waals surface area contributed by atoms with Gasteiger partial charge in [-0.15, -0.1) is 0 Å². The number of nitrogens with one attached hydrogen (secondary N) is 2. The summed E-state index contributed by atoms with van der Waals surface area (Å²) >= 11 is 0. The number of hydrogen-bond acceptors (Lipinski definition) is 9. The zero-order chi connectivity index (χ0) is 41.4. The predicted molar refractivity (Wildman–Crippen MR) is 202 cm³/mol. The Kier molecular flexibility index (Phi) is 12.0. The molecule has 4 amide bonds. The molecule has 14 nitrogen and oxygen atoms in total. The van der Waals surface area contributed by atoms with E-state index in [-0.39, 0.29) is 42.5 Å². The third kappa shape index (κ3) is 8.94. The van der Waals surface area contributed by atoms with Gasteiger partial charge < -0.3 is 24.8 Å². The second-order valence-electron chi connectivity index (χ2n) is 15.9. The van der Waals surface area contributed by atoms with Crippen molar-refractivity contribution in [2.45, 2.75) is 120 Å². The molecule has 1 aromatic heterocycles. The average Bonchev–Trinajstić information content (AvgIpc) is 4.07. The summed E-state index contributed by atoms with van der Waals surface area (Å²) in [7, 11) is -4.01. The van der Waals surface area contributed by atoms with Gasteiger partial charge in [0.15, 0.2) is 0 Å². The van der Waals surface area contributed by atoms with Gasteiger partial charge in [-0.2, -0.15) is 13.2 Å². The molecule has 2 aliphatic heterocycles. The van der Waals surface area contributed by atoms with Crippen LogP contribution in [0.15, 0.2) is 42.6 Å². The molecule has 6 rings (SSSR count). The van der Waals surface area contributed by atoms with Crippen LogP contribution >= 0.6 is 0 Å². The van der Waals surface area contributed by atoms with E-state index in [1.807, 2.05) is 26.0 Å². The van der Waals surface area contributed by atoms with Crippen LogP contribution in [0.2, 0.25) is 0 Å². The van der Waals surface area contributed by atoms with E-state index >= 15 is 0 Å². The van der Waals surface area contributed by atoms with Crippen molar-refractivity contribution >= 4 is 44.6 Å². The summed E-state index contributed by atoms with van der Waals surface area (Å²) < 4.78 is 83.0. The number of halogens is 3. The smallest absolute Gasteiger partial charge is 0.408 e. The Morgan fingerprint density at radius 3 is 2.49 bits per heavy atom. The second kappa shape index (κ2) is 16.3. The zero-order valence-electron chi connectivity index (χ0n) is 32.3. The molecule has 1 aromatic carbocycles. The minimum Gasteiger partial charge on any atom is -0.491 e. The molecule has 3 fully saturated rings. The Labute approximate surface area is 329 Å². The Hall–Kier alpha value is -4.61. The summed E-state index contributed by atoms with van der Waals surface area (Å²) in [6.45, 7) is 6.10. The van der Waals surface area contributed by atoms with Crippen molar-refractivity contribution in [1.29, 1.82) is 0 Å². The summed E-state index contributed by atoms with van der Waals surface area (Å²) in [5.41, 5.74) is -1.69. The number of carbonyl (C=O) groups excluding carboxylic acids is 3. The number of carboxylic acid groups (broad SMARTS) is 1. The van der Waals surface area contributed by atoms with E-state index in [0.717, 1.165) is 11.3 Å². The quantitative estimate of drug-likeness (QED) is 0.271. The van der Waals surface area contributed by atoms with Gasteiger partial charge in [-0.05, 0) is 69.8 Å². The molecule has 3 N–H and O–H groups in total. The van der Waals surface area contributed by atoms with Gasteiger partial charge in [-0.1, -0.05) is 51.1 Å². The first-order chi connectivity index (χ1) is 26.9. The Morgan fingerprint density at radius 1 is 1.14 bits per heavy atom. The lowest BCUT2D eigenvalue weighted by atomic mass is 9.86. The fourth-order valence-electron chi connectivity index (χ4n) is 8.07. The Balaban J connectivity index is 1.40. The first kappa shape index (κ1) is 42.0. The molecule has 3 heterocycles. The number of ether oxygens (including phenoxy) is 2. The van der Waals surface area contributed by atoms with Crippen LogP contribution in [0.25, 0.3) is 10.8 Å². The number of amides is 4. The molecule has 0 radical (unpaired) electrons. The van der Waals surface area contributed by atoms with Gasteiger partial charge in [-0.3, -0.25) is 24.0 Å². The average molecular weight is 822 g/mol. The number of hydrogen-bond donors (Lipinski definition) is 3. The molecular formula is C39H50F3N5O9S. The first-order valence-electron chi connectivity index (χ1n) is 19.5. The van der Waals surface area contributed by atoms with Crippen LogP contribution in [0, 0.1) is 17.8 Å². The molecule has 57 heavy (non-hydrogen) atoms. The number of fused-ring (bicyclic) bond motifs is 3. The molecule has 1 saturated heterocycles. The van der Waals surface area contributed by atoms with E-state index in [1.165, 1.54) is 13.1 Å². The minimum atomic E-state index is -5.03. The van der Waals surface area contributed by atoms with Gasteiger partial charge in [0.2, 0.25) is 27.7 Å². The van der Waals surface area contributed by atoms with Crippen molar-refractivity contribution in [3.63, 3.8) is 0 Å². The maximum Gasteiger partial charge on any atom is 0.408 e. The molecule has 18 heteroatoms. The van der Waals surface area contributed by atoms with E-state index < -0.39 is 86.9 Å². The number of allylic oxidation sites excluding steroid dienone is 1. The molecule has 0 spiro atoms. The van der Waals surface area contributed by atoms with Crippen molar-refractivity contribution in [2.75, 3.05) is 13.2 Å². The summed E-state index contributed by atoms with van der Waals surface area (Å²) in [6.07, 6.45) is -0.359. The number of rotatable bonds is 10. The van der Waals surface area contributed by atoms with Crippen LogP contribution in [0.4, 0.5) is 18.0 Å². The van der Waals surface area contributed by atoms with Crippen LogP contribution in [-0.4, -0.2) is 106 Å². The van der Waals surface area contributed by atoms with Crippen molar-refractivity contribution in [3.8, 4) is 11.6 Å². The van der Waals surface area contributed by atoms with Gasteiger partial charge in [0.25, 0.3) is 5.91 Å². The molecule has 2 saturated carbocycles. The number of carbonyl (C=O) groups is 4. The lowest BCUT2D eigenvalue weighted by molar-refractivity contribution is -0.184. The monoisotopic (exact) mass is 821 g/mol. The SMILES string of the molecule is CCCOc1cnc(O[C@@H]2C[C@H]3C(=O)N[C@]4(C(=O)NS(=O)(=O)C5CC5)C[C@H]4C=CCC[C@H](C)C[C@@H](C)[C@H](N(C(=O)O)[C@H](C)C(F)(F)F)C(=O)N3C2)c2ccccc12. The van der Waals surface area contributed by atoms with E-state index in [2.05, 4.69) is 15.0 Å². The molecule has 2 aliphatic carbocycles. The highest BCUT2D eigenvalue weighted by Crippen LogP contribution is 2.46. The van der Waals surface area contributed by atoms with E-state index in [1.54, 1.807) is 24.3 Å². The highest BCUT2D eigenvalue weighted by molar-refractivity contribution is 7.91. The Bertz CT molecular complexity index is 2010. The third-order valence-electron chi connectivity index (χ3n) is 11.4. The lowest BCUT2D eigenvalue weighted by Crippen LogP contribution is -2.62. The number of alkyl halides is 3. The predicted octanol–water partition coefficient (Wildman–Crippen LogP) is 5.17. The molecule has 0 bridgehead atoms. The number of sulfonamides is 1. The molecule has 4 aliphatic rings. The molecule has 8 atom stereocenters. The van der Waals surface area contributed by atoms with Gasteiger partial charge in [0.1, 0.15) is 35.5 Å². The fourth-order valence-corrected chi connectivity index (χ4v) is 9.44. The summed E-state index contributed by atoms with van der Waals surface area (Å²) in [5.74, 6) is -3.87. The van der Waals surface area contributed by atoms with Gasteiger partial charge in [0.05, 0.1) is 24.6 Å². The maximum absolute atomic E-state index is 14.9. The van der Waals surface area contributed by atoms with Crippen LogP contribution in [-0.2, 0) is 24.4 Å². The molecule has 312 valence electrons. The highest BCUT2D eigenvalue weighted by atomic mass is 32.2. The Morgan fingerprint density at radius 2 is 1.84 bits per heavy atom. The van der Waals surface area contributed by atoms with Gasteiger partial charge >= 0.3 is 12.3 Å². The highest BCUT2D eigenvalue weighted by Gasteiger charge is 2.62. The van der Waals surface area contributed by atoms with Gasteiger partial charge in [0, 0.05) is 23.1 Å². The van der Waals surface area contributed by atoms with Crippen LogP contribution < -0.4 is 19.5 Å². The number of benzene rings is 1. The van der Waals surface area contributed by atoms with E-state index in [0.29, 0.717) is 55.7 Å². The molecule has 2 aromatic rings. The number of nitrogens with zero attached hydrogens (tertiary/aromatic N) is 3. The van der Waals surface area contributed by atoms with E-state index in [9.17, 15) is 45.9 Å². The lowest BCUT2D eigenvalue weighted by Gasteiger charge is -2.40.